The minimum absolute atomic E-state index is 0.425. The molecule has 0 spiro atoms. The van der Waals surface area contributed by atoms with E-state index in [0.717, 1.165) is 0 Å². The fourth-order valence-corrected chi connectivity index (χ4v) is 2.78. The molecule has 1 fully saturated rings. The van der Waals surface area contributed by atoms with Gasteiger partial charge in [-0.1, -0.05) is 44.0 Å². The number of aryl methyl sites for hydroxylation is 1. The van der Waals surface area contributed by atoms with Gasteiger partial charge in [-0.3, -0.25) is 0 Å². The molecule has 0 amide bonds. The minimum atomic E-state index is 0.425. The monoisotopic (exact) mass is 217 g/mol. The van der Waals surface area contributed by atoms with Crippen LogP contribution in [0.25, 0.3) is 0 Å². The molecule has 0 heterocycles. The van der Waals surface area contributed by atoms with E-state index < -0.39 is 0 Å². The Balaban J connectivity index is 2.03. The van der Waals surface area contributed by atoms with Crippen LogP contribution in [0.15, 0.2) is 24.3 Å². The second-order valence-corrected chi connectivity index (χ2v) is 5.12. The molecule has 1 aliphatic rings. The Bertz CT molecular complexity index is 315. The van der Waals surface area contributed by atoms with Crippen LogP contribution >= 0.6 is 0 Å². The minimum Gasteiger partial charge on any atom is -0.328 e. The summed E-state index contributed by atoms with van der Waals surface area (Å²) in [5.74, 6) is 0.708. The molecule has 2 N–H and O–H groups in total. The first kappa shape index (κ1) is 11.7. The molecule has 1 heteroatoms. The van der Waals surface area contributed by atoms with Gasteiger partial charge in [-0.05, 0) is 42.7 Å². The zero-order valence-electron chi connectivity index (χ0n) is 10.3. The summed E-state index contributed by atoms with van der Waals surface area (Å²) in [6, 6.07) is 9.63. The Morgan fingerprint density at radius 1 is 1.19 bits per heavy atom. The zero-order valence-corrected chi connectivity index (χ0v) is 10.3. The van der Waals surface area contributed by atoms with Crippen molar-refractivity contribution in [2.75, 3.05) is 0 Å². The molecule has 0 aliphatic heterocycles. The van der Waals surface area contributed by atoms with Crippen LogP contribution < -0.4 is 5.73 Å². The summed E-state index contributed by atoms with van der Waals surface area (Å²) in [5, 5.41) is 0. The van der Waals surface area contributed by atoms with Crippen molar-refractivity contribution in [3.8, 4) is 0 Å². The first-order chi connectivity index (χ1) is 7.79. The Kier molecular flexibility index (Phi) is 4.00. The zero-order chi connectivity index (χ0) is 11.4. The summed E-state index contributed by atoms with van der Waals surface area (Å²) < 4.78 is 0. The van der Waals surface area contributed by atoms with Crippen molar-refractivity contribution in [3.05, 3.63) is 35.4 Å². The van der Waals surface area contributed by atoms with Gasteiger partial charge in [0.25, 0.3) is 0 Å². The Labute approximate surface area is 99.0 Å². The SMILES string of the molecule is CCCc1ccc(C2CCCC(N)C2)cc1. The third kappa shape index (κ3) is 2.85. The fourth-order valence-electron chi connectivity index (χ4n) is 2.78. The number of benzene rings is 1. The Morgan fingerprint density at radius 3 is 2.56 bits per heavy atom. The molecule has 2 unspecified atom stereocenters. The Morgan fingerprint density at radius 2 is 1.94 bits per heavy atom. The van der Waals surface area contributed by atoms with Gasteiger partial charge in [-0.2, -0.15) is 0 Å². The fraction of sp³-hybridized carbons (Fsp3) is 0.600. The van der Waals surface area contributed by atoms with Crippen LogP contribution in [0.3, 0.4) is 0 Å². The van der Waals surface area contributed by atoms with E-state index in [1.807, 2.05) is 0 Å². The van der Waals surface area contributed by atoms with Gasteiger partial charge in [0.1, 0.15) is 0 Å². The van der Waals surface area contributed by atoms with Gasteiger partial charge >= 0.3 is 0 Å². The molecule has 1 aliphatic carbocycles. The number of rotatable bonds is 3. The van der Waals surface area contributed by atoms with Gasteiger partial charge in [0.05, 0.1) is 0 Å². The molecular formula is C15H23N. The average molecular weight is 217 g/mol. The van der Waals surface area contributed by atoms with Crippen molar-refractivity contribution in [3.63, 3.8) is 0 Å². The second-order valence-electron chi connectivity index (χ2n) is 5.12. The maximum absolute atomic E-state index is 6.04. The van der Waals surface area contributed by atoms with Gasteiger partial charge in [0.2, 0.25) is 0 Å². The van der Waals surface area contributed by atoms with Gasteiger partial charge in [0, 0.05) is 6.04 Å². The lowest BCUT2D eigenvalue weighted by atomic mass is 9.81. The molecule has 16 heavy (non-hydrogen) atoms. The van der Waals surface area contributed by atoms with E-state index >= 15 is 0 Å². The highest BCUT2D eigenvalue weighted by molar-refractivity contribution is 5.26. The largest absolute Gasteiger partial charge is 0.328 e. The first-order valence-corrected chi connectivity index (χ1v) is 6.64. The molecule has 0 aromatic heterocycles. The van der Waals surface area contributed by atoms with E-state index in [1.54, 1.807) is 0 Å². The molecule has 1 nitrogen and oxygen atoms in total. The van der Waals surface area contributed by atoms with E-state index in [1.165, 1.54) is 49.7 Å². The lowest BCUT2D eigenvalue weighted by Gasteiger charge is -2.27. The second kappa shape index (κ2) is 5.49. The maximum Gasteiger partial charge on any atom is 0.00446 e. The summed E-state index contributed by atoms with van der Waals surface area (Å²) in [7, 11) is 0. The molecule has 2 rings (SSSR count). The normalized spacial score (nSPS) is 25.6. The van der Waals surface area contributed by atoms with Crippen LogP contribution in [0, 0.1) is 0 Å². The standard InChI is InChI=1S/C15H23N/c1-2-4-12-7-9-13(10-8-12)14-5-3-6-15(16)11-14/h7-10,14-15H,2-6,11,16H2,1H3. The molecular weight excluding hydrogens is 194 g/mol. The predicted octanol–water partition coefficient (Wildman–Crippen LogP) is 3.62. The summed E-state index contributed by atoms with van der Waals surface area (Å²) in [5.41, 5.74) is 9.00. The molecule has 0 saturated heterocycles. The lowest BCUT2D eigenvalue weighted by Crippen LogP contribution is -2.26. The summed E-state index contributed by atoms with van der Waals surface area (Å²) in [4.78, 5) is 0. The average Bonchev–Trinajstić information content (AvgIpc) is 2.30. The van der Waals surface area contributed by atoms with Gasteiger partial charge in [0.15, 0.2) is 0 Å². The van der Waals surface area contributed by atoms with Crippen molar-refractivity contribution in [1.29, 1.82) is 0 Å². The summed E-state index contributed by atoms with van der Waals surface area (Å²) in [6.45, 7) is 2.23. The highest BCUT2D eigenvalue weighted by Gasteiger charge is 2.20. The quantitative estimate of drug-likeness (QED) is 0.822. The molecule has 1 aromatic rings. The number of hydrogen-bond acceptors (Lipinski definition) is 1. The van der Waals surface area contributed by atoms with E-state index in [-0.39, 0.29) is 0 Å². The molecule has 2 atom stereocenters. The highest BCUT2D eigenvalue weighted by atomic mass is 14.6. The van der Waals surface area contributed by atoms with Crippen molar-refractivity contribution in [1.82, 2.24) is 0 Å². The highest BCUT2D eigenvalue weighted by Crippen LogP contribution is 2.32. The van der Waals surface area contributed by atoms with Crippen LogP contribution in [0.5, 0.6) is 0 Å². The van der Waals surface area contributed by atoms with Crippen LogP contribution in [0.1, 0.15) is 56.1 Å². The van der Waals surface area contributed by atoms with E-state index in [2.05, 4.69) is 31.2 Å². The third-order valence-electron chi connectivity index (χ3n) is 3.70. The molecule has 0 bridgehead atoms. The topological polar surface area (TPSA) is 26.0 Å². The lowest BCUT2D eigenvalue weighted by molar-refractivity contribution is 0.393. The number of hydrogen-bond donors (Lipinski definition) is 1. The molecule has 1 aromatic carbocycles. The van der Waals surface area contributed by atoms with E-state index in [9.17, 15) is 0 Å². The van der Waals surface area contributed by atoms with Gasteiger partial charge in [-0.15, -0.1) is 0 Å². The van der Waals surface area contributed by atoms with Gasteiger partial charge < -0.3 is 5.73 Å². The Hall–Kier alpha value is -0.820. The van der Waals surface area contributed by atoms with Crippen LogP contribution in [-0.4, -0.2) is 6.04 Å². The van der Waals surface area contributed by atoms with Crippen molar-refractivity contribution >= 4 is 0 Å². The third-order valence-corrected chi connectivity index (χ3v) is 3.70. The van der Waals surface area contributed by atoms with Crippen LogP contribution in [0.4, 0.5) is 0 Å². The summed E-state index contributed by atoms with van der Waals surface area (Å²) >= 11 is 0. The molecule has 0 radical (unpaired) electrons. The maximum atomic E-state index is 6.04. The number of nitrogens with two attached hydrogens (primary N) is 1. The van der Waals surface area contributed by atoms with E-state index in [4.69, 9.17) is 5.73 Å². The summed E-state index contributed by atoms with van der Waals surface area (Å²) in [6.07, 6.45) is 7.43. The predicted molar refractivity (Wildman–Crippen MR) is 69.6 cm³/mol. The molecule has 1 saturated carbocycles. The van der Waals surface area contributed by atoms with Crippen molar-refractivity contribution < 1.29 is 0 Å². The van der Waals surface area contributed by atoms with Gasteiger partial charge in [-0.25, -0.2) is 0 Å². The van der Waals surface area contributed by atoms with Crippen LogP contribution in [-0.2, 0) is 6.42 Å². The van der Waals surface area contributed by atoms with Crippen LogP contribution in [0.2, 0.25) is 0 Å². The smallest absolute Gasteiger partial charge is 0.00446 e. The van der Waals surface area contributed by atoms with Crippen molar-refractivity contribution in [2.45, 2.75) is 57.4 Å². The van der Waals surface area contributed by atoms with E-state index in [0.29, 0.717) is 12.0 Å². The first-order valence-electron chi connectivity index (χ1n) is 6.64. The van der Waals surface area contributed by atoms with Crippen molar-refractivity contribution in [2.24, 2.45) is 5.73 Å². The molecule has 88 valence electrons.